The summed E-state index contributed by atoms with van der Waals surface area (Å²) in [4.78, 5) is 14.0. The highest BCUT2D eigenvalue weighted by Crippen LogP contribution is 2.27. The first-order valence-corrected chi connectivity index (χ1v) is 16.7. The Bertz CT molecular complexity index is 1110. The van der Waals surface area contributed by atoms with E-state index in [2.05, 4.69) is 69.4 Å². The summed E-state index contributed by atoms with van der Waals surface area (Å²) in [5.41, 5.74) is 4.77. The van der Waals surface area contributed by atoms with Crippen molar-refractivity contribution >= 4 is 6.09 Å². The molecule has 1 amide bonds. The molecule has 4 rings (SSSR count). The lowest BCUT2D eigenvalue weighted by Gasteiger charge is -2.33. The molecule has 0 saturated carbocycles. The van der Waals surface area contributed by atoms with Gasteiger partial charge in [-0.2, -0.15) is 0 Å². The second kappa shape index (κ2) is 17.5. The third-order valence-corrected chi connectivity index (χ3v) is 8.20. The quantitative estimate of drug-likeness (QED) is 0.300. The number of aryl methyl sites for hydroxylation is 2. The number of ether oxygens (including phenoxy) is 3. The molecule has 240 valence electrons. The Morgan fingerprint density at radius 2 is 1.26 bits per heavy atom. The highest BCUT2D eigenvalue weighted by atomic mass is 16.6. The smallest absolute Gasteiger partial charge is 0.410 e. The third kappa shape index (κ3) is 12.4. The number of carbonyl (C=O) groups excluding carboxylic acids is 1. The lowest BCUT2D eigenvalue weighted by atomic mass is 9.90. The van der Waals surface area contributed by atoms with Crippen molar-refractivity contribution in [2.45, 2.75) is 105 Å². The molecular formula is C37H58N2O4. The number of nitrogens with one attached hydrogen (secondary N) is 1. The monoisotopic (exact) mass is 594 g/mol. The summed E-state index contributed by atoms with van der Waals surface area (Å²) < 4.78 is 17.1. The number of benzene rings is 2. The molecule has 43 heavy (non-hydrogen) atoms. The van der Waals surface area contributed by atoms with Crippen molar-refractivity contribution in [3.63, 3.8) is 0 Å². The lowest BCUT2D eigenvalue weighted by molar-refractivity contribution is 0.0184. The van der Waals surface area contributed by atoms with Gasteiger partial charge in [-0.25, -0.2) is 4.79 Å². The maximum absolute atomic E-state index is 12.1. The number of amides is 1. The van der Waals surface area contributed by atoms with Gasteiger partial charge in [0.1, 0.15) is 17.1 Å². The van der Waals surface area contributed by atoms with Gasteiger partial charge in [0.15, 0.2) is 0 Å². The maximum atomic E-state index is 12.1. The average molecular weight is 595 g/mol. The van der Waals surface area contributed by atoms with Crippen LogP contribution >= 0.6 is 0 Å². The zero-order valence-corrected chi connectivity index (χ0v) is 28.1. The number of carbonyl (C=O) groups is 1. The van der Waals surface area contributed by atoms with Crippen LogP contribution in [-0.4, -0.2) is 56.0 Å². The van der Waals surface area contributed by atoms with Crippen molar-refractivity contribution in [3.8, 4) is 11.5 Å². The second-order valence-corrected chi connectivity index (χ2v) is 13.4. The minimum Gasteiger partial charge on any atom is -0.493 e. The molecule has 0 aliphatic carbocycles. The summed E-state index contributed by atoms with van der Waals surface area (Å²) in [6.07, 6.45) is 8.81. The minimum atomic E-state index is -0.426. The van der Waals surface area contributed by atoms with Gasteiger partial charge >= 0.3 is 6.09 Å². The average Bonchev–Trinajstić information content (AvgIpc) is 2.98. The molecule has 2 aliphatic rings. The molecular weight excluding hydrogens is 536 g/mol. The first kappa shape index (κ1) is 34.8. The van der Waals surface area contributed by atoms with E-state index >= 15 is 0 Å². The summed E-state index contributed by atoms with van der Waals surface area (Å²) in [6.45, 7) is 19.7. The highest BCUT2D eigenvalue weighted by Gasteiger charge is 2.27. The number of hydrogen-bond donors (Lipinski definition) is 1. The maximum Gasteiger partial charge on any atom is 0.410 e. The molecule has 2 aliphatic heterocycles. The van der Waals surface area contributed by atoms with Gasteiger partial charge in [0, 0.05) is 13.1 Å². The SMILES string of the molecule is CCCOc1cc(CC2CCN(C(=O)OC(C)(C)C)CC2)ccc1C.CCCOc1cc(CC2CCNCC2)ccc1C. The standard InChI is InChI=1S/C21H33NO3.C16H25NO/c1-6-13-24-19-15-18(8-7-16(19)2)14-17-9-11-22(12-10-17)20(23)25-21(3,4)5;1-3-10-18-16-12-15(5-4-13(16)2)11-14-6-8-17-9-7-14/h7-8,15,17H,6,9-14H2,1-5H3;4-5,12,14,17H,3,6-11H2,1-2H3. The van der Waals surface area contributed by atoms with Gasteiger partial charge < -0.3 is 24.4 Å². The molecule has 0 spiro atoms. The van der Waals surface area contributed by atoms with Gasteiger partial charge in [0.05, 0.1) is 13.2 Å². The molecule has 6 nitrogen and oxygen atoms in total. The molecule has 2 fully saturated rings. The van der Waals surface area contributed by atoms with E-state index in [4.69, 9.17) is 14.2 Å². The van der Waals surface area contributed by atoms with Crippen LogP contribution in [0.5, 0.6) is 11.5 Å². The van der Waals surface area contributed by atoms with Crippen LogP contribution in [0, 0.1) is 25.7 Å². The Hall–Kier alpha value is -2.73. The zero-order valence-electron chi connectivity index (χ0n) is 28.1. The highest BCUT2D eigenvalue weighted by molar-refractivity contribution is 5.68. The largest absolute Gasteiger partial charge is 0.493 e. The van der Waals surface area contributed by atoms with Gasteiger partial charge in [-0.05, 0) is 145 Å². The Morgan fingerprint density at radius 3 is 1.70 bits per heavy atom. The van der Waals surface area contributed by atoms with Gasteiger partial charge in [-0.15, -0.1) is 0 Å². The van der Waals surface area contributed by atoms with Crippen molar-refractivity contribution in [1.29, 1.82) is 0 Å². The summed E-state index contributed by atoms with van der Waals surface area (Å²) in [5.74, 6) is 3.53. The van der Waals surface area contributed by atoms with Crippen LogP contribution in [0.25, 0.3) is 0 Å². The third-order valence-electron chi connectivity index (χ3n) is 8.20. The molecule has 0 unspecified atom stereocenters. The zero-order chi connectivity index (χ0) is 31.2. The minimum absolute atomic E-state index is 0.184. The Morgan fingerprint density at radius 1 is 0.791 bits per heavy atom. The van der Waals surface area contributed by atoms with Crippen LogP contribution in [0.1, 0.15) is 95.4 Å². The Balaban J connectivity index is 0.000000248. The summed E-state index contributed by atoms with van der Waals surface area (Å²) in [6, 6.07) is 13.2. The molecule has 0 bridgehead atoms. The fraction of sp³-hybridized carbons (Fsp3) is 0.649. The van der Waals surface area contributed by atoms with Crippen LogP contribution in [0.3, 0.4) is 0 Å². The molecule has 2 aromatic carbocycles. The number of likely N-dealkylation sites (tertiary alicyclic amines) is 1. The van der Waals surface area contributed by atoms with E-state index < -0.39 is 5.60 Å². The first-order chi connectivity index (χ1) is 20.6. The van der Waals surface area contributed by atoms with Crippen molar-refractivity contribution in [3.05, 3.63) is 58.7 Å². The van der Waals surface area contributed by atoms with Gasteiger partial charge in [-0.3, -0.25) is 0 Å². The van der Waals surface area contributed by atoms with E-state index in [-0.39, 0.29) is 6.09 Å². The van der Waals surface area contributed by atoms with E-state index in [9.17, 15) is 4.79 Å². The number of rotatable bonds is 10. The summed E-state index contributed by atoms with van der Waals surface area (Å²) in [5, 5.41) is 3.42. The first-order valence-electron chi connectivity index (χ1n) is 16.7. The molecule has 2 heterocycles. The normalized spacial score (nSPS) is 16.3. The molecule has 0 atom stereocenters. The number of piperidine rings is 2. The number of hydrogen-bond acceptors (Lipinski definition) is 5. The van der Waals surface area contributed by atoms with E-state index in [1.165, 1.54) is 54.6 Å². The van der Waals surface area contributed by atoms with Gasteiger partial charge in [-0.1, -0.05) is 38.1 Å². The van der Waals surface area contributed by atoms with Crippen LogP contribution in [0.2, 0.25) is 0 Å². The van der Waals surface area contributed by atoms with Crippen LogP contribution in [0.15, 0.2) is 36.4 Å². The Labute approximate surface area is 261 Å². The summed E-state index contributed by atoms with van der Waals surface area (Å²) in [7, 11) is 0. The fourth-order valence-electron chi connectivity index (χ4n) is 5.68. The van der Waals surface area contributed by atoms with E-state index in [0.717, 1.165) is 75.8 Å². The van der Waals surface area contributed by atoms with Crippen molar-refractivity contribution in [1.82, 2.24) is 10.2 Å². The van der Waals surface area contributed by atoms with Crippen molar-refractivity contribution < 1.29 is 19.0 Å². The predicted octanol–water partition coefficient (Wildman–Crippen LogP) is 8.30. The molecule has 2 saturated heterocycles. The topological polar surface area (TPSA) is 60.0 Å². The molecule has 0 aromatic heterocycles. The van der Waals surface area contributed by atoms with Crippen LogP contribution in [-0.2, 0) is 17.6 Å². The Kier molecular flexibility index (Phi) is 14.2. The van der Waals surface area contributed by atoms with Gasteiger partial charge in [0.2, 0.25) is 0 Å². The fourth-order valence-corrected chi connectivity index (χ4v) is 5.68. The number of nitrogens with zero attached hydrogens (tertiary/aromatic N) is 1. The molecule has 1 N–H and O–H groups in total. The predicted molar refractivity (Wildman–Crippen MR) is 177 cm³/mol. The summed E-state index contributed by atoms with van der Waals surface area (Å²) >= 11 is 0. The van der Waals surface area contributed by atoms with E-state index in [1.54, 1.807) is 0 Å². The molecule has 6 heteroatoms. The van der Waals surface area contributed by atoms with Crippen molar-refractivity contribution in [2.24, 2.45) is 11.8 Å². The van der Waals surface area contributed by atoms with E-state index in [1.807, 2.05) is 25.7 Å². The van der Waals surface area contributed by atoms with Crippen LogP contribution in [0.4, 0.5) is 4.79 Å². The van der Waals surface area contributed by atoms with Gasteiger partial charge in [0.25, 0.3) is 0 Å². The second-order valence-electron chi connectivity index (χ2n) is 13.4. The lowest BCUT2D eigenvalue weighted by Crippen LogP contribution is -2.42. The molecule has 0 radical (unpaired) electrons. The van der Waals surface area contributed by atoms with E-state index in [0.29, 0.717) is 5.92 Å². The molecule has 2 aromatic rings. The van der Waals surface area contributed by atoms with Crippen molar-refractivity contribution in [2.75, 3.05) is 39.4 Å². The van der Waals surface area contributed by atoms with Crippen LogP contribution < -0.4 is 14.8 Å².